The van der Waals surface area contributed by atoms with Gasteiger partial charge < -0.3 is 19.5 Å². The van der Waals surface area contributed by atoms with Gasteiger partial charge in [0.05, 0.1) is 28.9 Å². The van der Waals surface area contributed by atoms with Crippen LogP contribution in [0.4, 0.5) is 11.5 Å². The SMILES string of the molecule is COc1ccc(Cl)c(Nc2ncc(C(=O)N3CCCCC3)c3c2ccn3C)c1. The number of amides is 1. The van der Waals surface area contributed by atoms with Crippen LogP contribution in [-0.4, -0.2) is 40.6 Å². The molecule has 0 aliphatic carbocycles. The van der Waals surface area contributed by atoms with E-state index in [0.29, 0.717) is 27.8 Å². The van der Waals surface area contributed by atoms with E-state index in [4.69, 9.17) is 16.3 Å². The van der Waals surface area contributed by atoms with Gasteiger partial charge in [-0.3, -0.25) is 4.79 Å². The number of methoxy groups -OCH3 is 1. The zero-order chi connectivity index (χ0) is 19.7. The third kappa shape index (κ3) is 3.40. The van der Waals surface area contributed by atoms with Gasteiger partial charge in [-0.2, -0.15) is 0 Å². The Balaban J connectivity index is 1.73. The Morgan fingerprint density at radius 3 is 2.75 bits per heavy atom. The number of aromatic nitrogens is 2. The third-order valence-electron chi connectivity index (χ3n) is 5.21. The normalized spacial score (nSPS) is 14.3. The summed E-state index contributed by atoms with van der Waals surface area (Å²) in [6.07, 6.45) is 6.91. The molecule has 0 saturated carbocycles. The first-order valence-corrected chi connectivity index (χ1v) is 9.80. The second kappa shape index (κ2) is 7.72. The summed E-state index contributed by atoms with van der Waals surface area (Å²) < 4.78 is 7.25. The monoisotopic (exact) mass is 398 g/mol. The molecular weight excluding hydrogens is 376 g/mol. The van der Waals surface area contributed by atoms with E-state index in [1.807, 2.05) is 34.8 Å². The zero-order valence-corrected chi connectivity index (χ0v) is 16.8. The molecule has 146 valence electrons. The van der Waals surface area contributed by atoms with Crippen molar-refractivity contribution in [3.8, 4) is 5.75 Å². The number of benzene rings is 1. The number of aryl methyl sites for hydroxylation is 1. The van der Waals surface area contributed by atoms with Crippen LogP contribution < -0.4 is 10.1 Å². The molecule has 1 saturated heterocycles. The number of halogens is 1. The van der Waals surface area contributed by atoms with Gasteiger partial charge in [-0.25, -0.2) is 4.98 Å². The van der Waals surface area contributed by atoms with Crippen molar-refractivity contribution in [2.24, 2.45) is 7.05 Å². The van der Waals surface area contributed by atoms with Crippen molar-refractivity contribution >= 4 is 39.9 Å². The highest BCUT2D eigenvalue weighted by Gasteiger charge is 2.23. The minimum absolute atomic E-state index is 0.0463. The molecule has 0 bridgehead atoms. The minimum Gasteiger partial charge on any atom is -0.497 e. The lowest BCUT2D eigenvalue weighted by Gasteiger charge is -2.27. The summed E-state index contributed by atoms with van der Waals surface area (Å²) >= 11 is 6.33. The standard InChI is InChI=1S/C21H23ClN4O2/c1-25-11-8-15-19(25)16(21(27)26-9-4-3-5-10-26)13-23-20(15)24-18-12-14(28-2)6-7-17(18)22/h6-8,11-13H,3-5,9-10H2,1-2H3,(H,23,24). The van der Waals surface area contributed by atoms with Crippen molar-refractivity contribution in [1.82, 2.24) is 14.5 Å². The highest BCUT2D eigenvalue weighted by molar-refractivity contribution is 6.33. The first-order chi connectivity index (χ1) is 13.6. The summed E-state index contributed by atoms with van der Waals surface area (Å²) in [5.74, 6) is 1.40. The summed E-state index contributed by atoms with van der Waals surface area (Å²) in [6.45, 7) is 1.62. The van der Waals surface area contributed by atoms with Crippen LogP contribution in [0.3, 0.4) is 0 Å². The maximum atomic E-state index is 13.1. The molecule has 28 heavy (non-hydrogen) atoms. The number of hydrogen-bond donors (Lipinski definition) is 1. The van der Waals surface area contributed by atoms with Gasteiger partial charge in [-0.1, -0.05) is 11.6 Å². The fourth-order valence-electron chi connectivity index (χ4n) is 3.69. The van der Waals surface area contributed by atoms with Gasteiger partial charge in [0.25, 0.3) is 5.91 Å². The van der Waals surface area contributed by atoms with Crippen LogP contribution in [0.15, 0.2) is 36.7 Å². The average molecular weight is 399 g/mol. The zero-order valence-electron chi connectivity index (χ0n) is 16.0. The Labute approximate surface area is 169 Å². The van der Waals surface area contributed by atoms with Crippen LogP contribution in [0.2, 0.25) is 5.02 Å². The number of ether oxygens (including phenoxy) is 1. The number of likely N-dealkylation sites (tertiary alicyclic amines) is 1. The largest absolute Gasteiger partial charge is 0.497 e. The molecule has 0 spiro atoms. The molecule has 1 aliphatic rings. The Hall–Kier alpha value is -2.73. The summed E-state index contributed by atoms with van der Waals surface area (Å²) in [5, 5.41) is 4.74. The van der Waals surface area contributed by atoms with E-state index in [-0.39, 0.29) is 5.91 Å². The Bertz CT molecular complexity index is 1020. The molecule has 6 nitrogen and oxygen atoms in total. The molecule has 1 aliphatic heterocycles. The molecule has 4 rings (SSSR count). The highest BCUT2D eigenvalue weighted by atomic mass is 35.5. The van der Waals surface area contributed by atoms with Crippen LogP contribution >= 0.6 is 11.6 Å². The van der Waals surface area contributed by atoms with Crippen LogP contribution in [0.25, 0.3) is 10.9 Å². The first-order valence-electron chi connectivity index (χ1n) is 9.42. The Kier molecular flexibility index (Phi) is 5.13. The number of nitrogens with zero attached hydrogens (tertiary/aromatic N) is 3. The number of carbonyl (C=O) groups excluding carboxylic acids is 1. The summed E-state index contributed by atoms with van der Waals surface area (Å²) in [6, 6.07) is 7.37. The van der Waals surface area contributed by atoms with E-state index >= 15 is 0 Å². The van der Waals surface area contributed by atoms with E-state index in [0.717, 1.165) is 36.8 Å². The van der Waals surface area contributed by atoms with Crippen molar-refractivity contribution in [2.75, 3.05) is 25.5 Å². The fraction of sp³-hybridized carbons (Fsp3) is 0.333. The Morgan fingerprint density at radius 1 is 1.21 bits per heavy atom. The molecule has 3 aromatic rings. The number of nitrogens with one attached hydrogen (secondary N) is 1. The van der Waals surface area contributed by atoms with Gasteiger partial charge in [0.2, 0.25) is 0 Å². The number of carbonyl (C=O) groups is 1. The van der Waals surface area contributed by atoms with E-state index in [2.05, 4.69) is 10.3 Å². The van der Waals surface area contributed by atoms with Gasteiger partial charge in [0.1, 0.15) is 11.6 Å². The summed E-state index contributed by atoms with van der Waals surface area (Å²) in [4.78, 5) is 19.6. The molecule has 1 amide bonds. The Morgan fingerprint density at radius 2 is 2.00 bits per heavy atom. The van der Waals surface area contributed by atoms with Crippen LogP contribution in [0, 0.1) is 0 Å². The molecule has 7 heteroatoms. The number of hydrogen-bond acceptors (Lipinski definition) is 4. The minimum atomic E-state index is 0.0463. The molecule has 0 unspecified atom stereocenters. The van der Waals surface area contributed by atoms with Gasteiger partial charge in [-0.15, -0.1) is 0 Å². The van der Waals surface area contributed by atoms with E-state index in [9.17, 15) is 4.79 Å². The number of pyridine rings is 1. The quantitative estimate of drug-likeness (QED) is 0.697. The topological polar surface area (TPSA) is 59.4 Å². The molecule has 1 N–H and O–H groups in total. The molecule has 0 radical (unpaired) electrons. The highest BCUT2D eigenvalue weighted by Crippen LogP contribution is 2.33. The third-order valence-corrected chi connectivity index (χ3v) is 5.54. The predicted octanol–water partition coefficient (Wildman–Crippen LogP) is 4.61. The second-order valence-corrected chi connectivity index (χ2v) is 7.44. The lowest BCUT2D eigenvalue weighted by molar-refractivity contribution is 0.0725. The van der Waals surface area contributed by atoms with Crippen LogP contribution in [0.5, 0.6) is 5.75 Å². The van der Waals surface area contributed by atoms with Gasteiger partial charge in [0, 0.05) is 44.0 Å². The molecule has 3 heterocycles. The molecular formula is C21H23ClN4O2. The van der Waals surface area contributed by atoms with E-state index in [1.54, 1.807) is 25.4 Å². The number of anilines is 2. The van der Waals surface area contributed by atoms with Crippen LogP contribution in [0.1, 0.15) is 29.6 Å². The van der Waals surface area contributed by atoms with Crippen molar-refractivity contribution in [3.05, 3.63) is 47.2 Å². The van der Waals surface area contributed by atoms with Crippen molar-refractivity contribution in [1.29, 1.82) is 0 Å². The molecule has 1 aromatic carbocycles. The van der Waals surface area contributed by atoms with E-state index < -0.39 is 0 Å². The lowest BCUT2D eigenvalue weighted by Crippen LogP contribution is -2.35. The van der Waals surface area contributed by atoms with E-state index in [1.165, 1.54) is 6.42 Å². The lowest BCUT2D eigenvalue weighted by atomic mass is 10.1. The van der Waals surface area contributed by atoms with Crippen molar-refractivity contribution < 1.29 is 9.53 Å². The maximum absolute atomic E-state index is 13.1. The number of rotatable bonds is 4. The molecule has 0 atom stereocenters. The summed E-state index contributed by atoms with van der Waals surface area (Å²) in [5.41, 5.74) is 2.20. The number of piperidine rings is 1. The average Bonchev–Trinajstić information content (AvgIpc) is 3.12. The summed E-state index contributed by atoms with van der Waals surface area (Å²) in [7, 11) is 3.55. The maximum Gasteiger partial charge on any atom is 0.257 e. The fourth-order valence-corrected chi connectivity index (χ4v) is 3.86. The van der Waals surface area contributed by atoms with Gasteiger partial charge in [0.15, 0.2) is 0 Å². The number of fused-ring (bicyclic) bond motifs is 1. The second-order valence-electron chi connectivity index (χ2n) is 7.03. The van der Waals surface area contributed by atoms with Gasteiger partial charge in [-0.05, 0) is 37.5 Å². The predicted molar refractivity (Wildman–Crippen MR) is 112 cm³/mol. The molecule has 1 fully saturated rings. The first kappa shape index (κ1) is 18.6. The van der Waals surface area contributed by atoms with Gasteiger partial charge >= 0.3 is 0 Å². The van der Waals surface area contributed by atoms with Crippen molar-refractivity contribution in [2.45, 2.75) is 19.3 Å². The van der Waals surface area contributed by atoms with Crippen LogP contribution in [-0.2, 0) is 7.05 Å². The van der Waals surface area contributed by atoms with Crippen molar-refractivity contribution in [3.63, 3.8) is 0 Å². The molecule has 2 aromatic heterocycles. The smallest absolute Gasteiger partial charge is 0.257 e.